The summed E-state index contributed by atoms with van der Waals surface area (Å²) >= 11 is 0. The van der Waals surface area contributed by atoms with Gasteiger partial charge in [0.15, 0.2) is 0 Å². The fraction of sp³-hybridized carbons (Fsp3) is 0.852. The third kappa shape index (κ3) is 74.5. The molecule has 6 heteroatoms. The molecule has 0 aromatic rings. The summed E-state index contributed by atoms with van der Waals surface area (Å²) < 4.78 is 0. The number of unbranched alkanes of at least 4 members (excludes halogenated alkanes) is 34. The average Bonchev–Trinajstić information content (AvgIpc) is 3.22. The van der Waals surface area contributed by atoms with Crippen LogP contribution in [0.1, 0.15) is 290 Å². The second-order valence-corrected chi connectivity index (χ2v) is 17.1. The number of hydrogen-bond donors (Lipinski definition) is 1. The first kappa shape index (κ1) is 65.7. The Hall–Kier alpha value is -0.958. The van der Waals surface area contributed by atoms with Crippen molar-refractivity contribution in [2.45, 2.75) is 290 Å². The molecule has 0 atom stereocenters. The number of carbonyl (C=O) groups excluding carboxylic acids is 2. The largest absolute Gasteiger partial charge is 2.00 e. The average molecular weight is 1040 g/mol. The number of carboxylic acids is 2. The van der Waals surface area contributed by atoms with Gasteiger partial charge in [0.05, 0.1) is 0 Å². The Kier molecular flexibility index (Phi) is 70.8. The SMILES string of the molecule is CCCCCCCC/C=C\CCCCCCCC(=O)[O-].CCCCCCCC/C=C\CCCCCCCC(=O)[O-].CCCCCCCC/C=C\CCCCCCCCN.[Pb+2]. The summed E-state index contributed by atoms with van der Waals surface area (Å²) in [5.41, 5.74) is 5.47. The molecule has 0 unspecified atom stereocenters. The predicted octanol–water partition coefficient (Wildman–Crippen LogP) is 15.1. The van der Waals surface area contributed by atoms with E-state index in [9.17, 15) is 19.8 Å². The molecule has 0 saturated carbocycles. The van der Waals surface area contributed by atoms with E-state index in [2.05, 4.69) is 57.2 Å². The van der Waals surface area contributed by atoms with Gasteiger partial charge in [-0.25, -0.2) is 0 Å². The van der Waals surface area contributed by atoms with Gasteiger partial charge >= 0.3 is 27.3 Å². The van der Waals surface area contributed by atoms with Gasteiger partial charge in [0, 0.05) is 11.9 Å². The molecule has 5 nitrogen and oxygen atoms in total. The topological polar surface area (TPSA) is 106 Å². The Morgan fingerprint density at radius 3 is 0.700 bits per heavy atom. The Labute approximate surface area is 396 Å². The van der Waals surface area contributed by atoms with Gasteiger partial charge in [-0.2, -0.15) is 0 Å². The van der Waals surface area contributed by atoms with E-state index in [0.717, 1.165) is 45.1 Å². The molecular formula is C54H103NO4Pb. The van der Waals surface area contributed by atoms with E-state index in [4.69, 9.17) is 5.73 Å². The van der Waals surface area contributed by atoms with Crippen molar-refractivity contribution in [1.82, 2.24) is 0 Å². The summed E-state index contributed by atoms with van der Waals surface area (Å²) in [5, 5.41) is 20.4. The maximum absolute atomic E-state index is 10.2. The maximum Gasteiger partial charge on any atom is 2.00 e. The Balaban J connectivity index is -0.000000389. The first-order valence-electron chi connectivity index (χ1n) is 26.0. The zero-order valence-electron chi connectivity index (χ0n) is 40.6. The van der Waals surface area contributed by atoms with Gasteiger partial charge in [-0.1, -0.05) is 218 Å². The summed E-state index contributed by atoms with van der Waals surface area (Å²) in [6.07, 6.45) is 65.7. The monoisotopic (exact) mass is 1040 g/mol. The van der Waals surface area contributed by atoms with Crippen LogP contribution in [0.25, 0.3) is 0 Å². The number of allylic oxidation sites excluding steroid dienone is 6. The summed E-state index contributed by atoms with van der Waals surface area (Å²) in [7, 11) is 0. The van der Waals surface area contributed by atoms with E-state index in [1.807, 2.05) is 0 Å². The molecule has 0 amide bonds. The van der Waals surface area contributed by atoms with Crippen molar-refractivity contribution >= 4 is 39.2 Å². The fourth-order valence-corrected chi connectivity index (χ4v) is 7.07. The van der Waals surface area contributed by atoms with Crippen molar-refractivity contribution in [1.29, 1.82) is 0 Å². The quantitative estimate of drug-likeness (QED) is 0.0371. The van der Waals surface area contributed by atoms with Gasteiger partial charge < -0.3 is 25.5 Å². The molecule has 60 heavy (non-hydrogen) atoms. The first-order valence-corrected chi connectivity index (χ1v) is 26.0. The molecule has 0 spiro atoms. The van der Waals surface area contributed by atoms with Gasteiger partial charge in [-0.15, -0.1) is 0 Å². The van der Waals surface area contributed by atoms with Crippen LogP contribution in [0.15, 0.2) is 36.5 Å². The number of hydrogen-bond acceptors (Lipinski definition) is 5. The smallest absolute Gasteiger partial charge is 0.550 e. The van der Waals surface area contributed by atoms with Crippen LogP contribution < -0.4 is 15.9 Å². The molecule has 2 N–H and O–H groups in total. The van der Waals surface area contributed by atoms with Crippen LogP contribution in [0.4, 0.5) is 0 Å². The molecule has 2 radical (unpaired) electrons. The van der Waals surface area contributed by atoms with Gasteiger partial charge in [-0.3, -0.25) is 0 Å². The number of nitrogens with two attached hydrogens (primary N) is 1. The maximum atomic E-state index is 10.2. The molecule has 0 bridgehead atoms. The molecule has 0 rings (SSSR count). The summed E-state index contributed by atoms with van der Waals surface area (Å²) in [4.78, 5) is 20.4. The van der Waals surface area contributed by atoms with Crippen LogP contribution in [-0.4, -0.2) is 45.8 Å². The molecule has 0 aliphatic heterocycles. The standard InChI is InChI=1S/C18H37N.2C18H34O2.Pb/c1-2-3-4-5-6-7-8-9-10-11-12-13-14-15-16-17-18-19;2*1-2-3-4-5-6-7-8-9-10-11-12-13-14-15-16-17-18(19)20;/h9-10H,2-8,11-19H2,1H3;2*9-10H,2-8,11-17H2,1H3,(H,19,20);/q;;;+2/p-2/b3*10-9-;. The number of aliphatic carboxylic acids is 2. The number of rotatable bonds is 45. The van der Waals surface area contributed by atoms with Gasteiger partial charge in [0.2, 0.25) is 0 Å². The molecule has 0 fully saturated rings. The minimum atomic E-state index is -0.914. The van der Waals surface area contributed by atoms with Crippen molar-refractivity contribution in [3.63, 3.8) is 0 Å². The molecule has 352 valence electrons. The number of carboxylic acid groups (broad SMARTS) is 2. The van der Waals surface area contributed by atoms with E-state index in [-0.39, 0.29) is 40.1 Å². The number of carbonyl (C=O) groups is 2. The van der Waals surface area contributed by atoms with Crippen LogP contribution in [0, 0.1) is 0 Å². The Morgan fingerprint density at radius 1 is 0.317 bits per heavy atom. The summed E-state index contributed by atoms with van der Waals surface area (Å²) in [5.74, 6) is -1.83. The van der Waals surface area contributed by atoms with Crippen molar-refractivity contribution in [3.8, 4) is 0 Å². The Bertz CT molecular complexity index is 824. The Morgan fingerprint density at radius 2 is 0.500 bits per heavy atom. The second-order valence-electron chi connectivity index (χ2n) is 17.1. The van der Waals surface area contributed by atoms with Crippen LogP contribution in [0.5, 0.6) is 0 Å². The molecular weight excluding hydrogens is 934 g/mol. The van der Waals surface area contributed by atoms with Gasteiger partial charge in [0.25, 0.3) is 0 Å². The van der Waals surface area contributed by atoms with E-state index in [1.165, 1.54) is 218 Å². The minimum absolute atomic E-state index is 0. The predicted molar refractivity (Wildman–Crippen MR) is 263 cm³/mol. The normalized spacial score (nSPS) is 11.1. The van der Waals surface area contributed by atoms with Crippen LogP contribution in [0.3, 0.4) is 0 Å². The van der Waals surface area contributed by atoms with Crippen molar-refractivity contribution in [3.05, 3.63) is 36.5 Å². The zero-order chi connectivity index (χ0) is 43.8. The molecule has 0 aliphatic carbocycles. The second kappa shape index (κ2) is 64.7. The fourth-order valence-electron chi connectivity index (χ4n) is 7.07. The zero-order valence-corrected chi connectivity index (χ0v) is 44.5. The van der Waals surface area contributed by atoms with Crippen LogP contribution >= 0.6 is 0 Å². The molecule has 0 heterocycles. The van der Waals surface area contributed by atoms with E-state index < -0.39 is 11.9 Å². The van der Waals surface area contributed by atoms with Gasteiger partial charge in [0.1, 0.15) is 0 Å². The van der Waals surface area contributed by atoms with E-state index in [0.29, 0.717) is 0 Å². The van der Waals surface area contributed by atoms with Gasteiger partial charge in [-0.05, 0) is 116 Å². The van der Waals surface area contributed by atoms with Crippen molar-refractivity contribution in [2.75, 3.05) is 6.54 Å². The summed E-state index contributed by atoms with van der Waals surface area (Å²) in [6.45, 7) is 7.65. The summed E-state index contributed by atoms with van der Waals surface area (Å²) in [6, 6.07) is 0. The molecule has 0 saturated heterocycles. The van der Waals surface area contributed by atoms with Crippen molar-refractivity contribution in [2.24, 2.45) is 5.73 Å². The molecule has 0 aromatic carbocycles. The molecule has 0 aromatic heterocycles. The van der Waals surface area contributed by atoms with E-state index in [1.54, 1.807) is 0 Å². The van der Waals surface area contributed by atoms with Crippen LogP contribution in [0.2, 0.25) is 0 Å². The third-order valence-electron chi connectivity index (χ3n) is 11.0. The molecule has 0 aliphatic rings. The third-order valence-corrected chi connectivity index (χ3v) is 11.0. The minimum Gasteiger partial charge on any atom is -0.550 e. The van der Waals surface area contributed by atoms with Crippen molar-refractivity contribution < 1.29 is 19.8 Å². The van der Waals surface area contributed by atoms with E-state index >= 15 is 0 Å². The van der Waals surface area contributed by atoms with Crippen LogP contribution in [-0.2, 0) is 9.59 Å². The first-order chi connectivity index (χ1) is 29.0.